The zero-order valence-corrected chi connectivity index (χ0v) is 7.21. The van der Waals surface area contributed by atoms with Gasteiger partial charge in [-0.05, 0) is 18.4 Å². The van der Waals surface area contributed by atoms with Gasteiger partial charge in [-0.25, -0.2) is 8.78 Å². The molecule has 1 unspecified atom stereocenters. The van der Waals surface area contributed by atoms with Crippen LogP contribution in [0.3, 0.4) is 0 Å². The van der Waals surface area contributed by atoms with Crippen molar-refractivity contribution in [2.75, 3.05) is 6.61 Å². The first-order valence-corrected chi connectivity index (χ1v) is 4.18. The molecule has 4 heteroatoms. The first kappa shape index (κ1) is 10.3. The Morgan fingerprint density at radius 2 is 2.31 bits per heavy atom. The van der Waals surface area contributed by atoms with E-state index in [1.165, 1.54) is 0 Å². The summed E-state index contributed by atoms with van der Waals surface area (Å²) in [6.45, 7) is -1.20. The van der Waals surface area contributed by atoms with E-state index >= 15 is 0 Å². The third-order valence-electron chi connectivity index (χ3n) is 2.11. The summed E-state index contributed by atoms with van der Waals surface area (Å²) in [5.41, 5.74) is 5.83. The van der Waals surface area contributed by atoms with Gasteiger partial charge in [-0.2, -0.15) is 0 Å². The van der Waals surface area contributed by atoms with Crippen LogP contribution in [0.25, 0.3) is 0 Å². The maximum Gasteiger partial charge on any atom is 0.289 e. The van der Waals surface area contributed by atoms with E-state index in [9.17, 15) is 8.78 Å². The van der Waals surface area contributed by atoms with Crippen LogP contribution < -0.4 is 5.73 Å². The number of hydrogen-bond acceptors (Lipinski definition) is 2. The van der Waals surface area contributed by atoms with E-state index in [1.54, 1.807) is 12.2 Å². The zero-order valence-electron chi connectivity index (χ0n) is 7.21. The summed E-state index contributed by atoms with van der Waals surface area (Å²) >= 11 is 0. The molecule has 1 rings (SSSR count). The van der Waals surface area contributed by atoms with Gasteiger partial charge in [-0.1, -0.05) is 18.2 Å². The first-order chi connectivity index (χ1) is 6.08. The van der Waals surface area contributed by atoms with Gasteiger partial charge >= 0.3 is 0 Å². The minimum Gasteiger partial charge on any atom is -0.390 e. The predicted octanol–water partition coefficient (Wildman–Crippen LogP) is 1.22. The Labute approximate surface area is 75.7 Å². The maximum atomic E-state index is 12.9. The summed E-state index contributed by atoms with van der Waals surface area (Å²) in [5, 5.41) is 8.42. The Morgan fingerprint density at radius 1 is 1.62 bits per heavy atom. The van der Waals surface area contributed by atoms with Crippen LogP contribution in [0.5, 0.6) is 0 Å². The second-order valence-corrected chi connectivity index (χ2v) is 3.11. The van der Waals surface area contributed by atoms with E-state index in [0.29, 0.717) is 12.0 Å². The van der Waals surface area contributed by atoms with Gasteiger partial charge in [-0.15, -0.1) is 0 Å². The van der Waals surface area contributed by atoms with Crippen LogP contribution in [-0.4, -0.2) is 23.7 Å². The molecule has 0 aromatic carbocycles. The molecule has 0 saturated heterocycles. The molecule has 0 aromatic rings. The number of nitrogens with two attached hydrogens (primary N) is 1. The third-order valence-corrected chi connectivity index (χ3v) is 2.11. The highest BCUT2D eigenvalue weighted by Gasteiger charge is 2.38. The first-order valence-electron chi connectivity index (χ1n) is 4.18. The van der Waals surface area contributed by atoms with E-state index in [2.05, 4.69) is 0 Å². The number of alkyl halides is 2. The second-order valence-electron chi connectivity index (χ2n) is 3.11. The number of hydrogen-bond donors (Lipinski definition) is 2. The largest absolute Gasteiger partial charge is 0.390 e. The van der Waals surface area contributed by atoms with Crippen LogP contribution in [0.2, 0.25) is 0 Å². The van der Waals surface area contributed by atoms with Crippen LogP contribution >= 0.6 is 0 Å². The van der Waals surface area contributed by atoms with Crippen LogP contribution in [0.4, 0.5) is 8.78 Å². The van der Waals surface area contributed by atoms with Gasteiger partial charge in [0.15, 0.2) is 0 Å². The van der Waals surface area contributed by atoms with Crippen molar-refractivity contribution in [3.63, 3.8) is 0 Å². The molecule has 0 radical (unpaired) electrons. The maximum absolute atomic E-state index is 12.9. The Balaban J connectivity index is 2.71. The molecule has 0 aromatic heterocycles. The van der Waals surface area contributed by atoms with E-state index < -0.39 is 18.6 Å². The fourth-order valence-electron chi connectivity index (χ4n) is 1.25. The molecule has 2 nitrogen and oxygen atoms in total. The molecule has 74 valence electrons. The van der Waals surface area contributed by atoms with Crippen molar-refractivity contribution in [2.45, 2.75) is 24.8 Å². The average Bonchev–Trinajstić information content (AvgIpc) is 2.18. The molecule has 1 aliphatic carbocycles. The number of rotatable bonds is 3. The number of allylic oxidation sites excluding steroid dienone is 3. The lowest BCUT2D eigenvalue weighted by atomic mass is 9.94. The van der Waals surface area contributed by atoms with Crippen LogP contribution in [0.15, 0.2) is 23.8 Å². The lowest BCUT2D eigenvalue weighted by Gasteiger charge is -2.24. The lowest BCUT2D eigenvalue weighted by Crippen LogP contribution is -2.45. The highest BCUT2D eigenvalue weighted by molar-refractivity contribution is 5.24. The van der Waals surface area contributed by atoms with Crippen LogP contribution in [0, 0.1) is 0 Å². The molecular weight excluding hydrogens is 176 g/mol. The van der Waals surface area contributed by atoms with Crippen molar-refractivity contribution < 1.29 is 13.9 Å². The summed E-state index contributed by atoms with van der Waals surface area (Å²) in [5.74, 6) is -3.21. The van der Waals surface area contributed by atoms with E-state index in [1.807, 2.05) is 6.08 Å². The van der Waals surface area contributed by atoms with Gasteiger partial charge in [0.1, 0.15) is 6.61 Å². The molecule has 3 N–H and O–H groups in total. The standard InChI is InChI=1S/C9H13F2NO/c10-9(11,6-13)8(12)7-4-2-1-3-5-7/h1-2,4,8,13H,3,5-6,12H2. The van der Waals surface area contributed by atoms with Crippen molar-refractivity contribution in [3.05, 3.63) is 23.8 Å². The number of aliphatic hydroxyl groups is 1. The van der Waals surface area contributed by atoms with Crippen LogP contribution in [0.1, 0.15) is 12.8 Å². The van der Waals surface area contributed by atoms with E-state index in [0.717, 1.165) is 6.42 Å². The van der Waals surface area contributed by atoms with Gasteiger partial charge in [-0.3, -0.25) is 0 Å². The molecule has 0 spiro atoms. The predicted molar refractivity (Wildman–Crippen MR) is 46.5 cm³/mol. The molecule has 0 heterocycles. The Morgan fingerprint density at radius 3 is 2.77 bits per heavy atom. The fourth-order valence-corrected chi connectivity index (χ4v) is 1.25. The van der Waals surface area contributed by atoms with Crippen molar-refractivity contribution in [1.82, 2.24) is 0 Å². The van der Waals surface area contributed by atoms with Gasteiger partial charge in [0.25, 0.3) is 5.92 Å². The Kier molecular flexibility index (Phi) is 3.17. The lowest BCUT2D eigenvalue weighted by molar-refractivity contribution is -0.0619. The van der Waals surface area contributed by atoms with E-state index in [-0.39, 0.29) is 0 Å². The number of halogens is 2. The van der Waals surface area contributed by atoms with E-state index in [4.69, 9.17) is 10.8 Å². The summed E-state index contributed by atoms with van der Waals surface area (Å²) in [6.07, 6.45) is 6.49. The summed E-state index contributed by atoms with van der Waals surface area (Å²) in [7, 11) is 0. The topological polar surface area (TPSA) is 46.2 Å². The second kappa shape index (κ2) is 3.98. The van der Waals surface area contributed by atoms with Gasteiger partial charge in [0, 0.05) is 0 Å². The molecule has 0 saturated carbocycles. The van der Waals surface area contributed by atoms with Crippen LogP contribution in [-0.2, 0) is 0 Å². The van der Waals surface area contributed by atoms with Crippen molar-refractivity contribution in [2.24, 2.45) is 5.73 Å². The summed E-state index contributed by atoms with van der Waals surface area (Å²) < 4.78 is 25.8. The SMILES string of the molecule is NC(C1=CC=CCC1)C(F)(F)CO. The molecule has 1 aliphatic rings. The monoisotopic (exact) mass is 189 g/mol. The zero-order chi connectivity index (χ0) is 9.90. The normalized spacial score (nSPS) is 19.8. The van der Waals surface area contributed by atoms with Crippen molar-refractivity contribution >= 4 is 0 Å². The van der Waals surface area contributed by atoms with Gasteiger partial charge < -0.3 is 10.8 Å². The third kappa shape index (κ3) is 2.35. The average molecular weight is 189 g/mol. The molecule has 0 aliphatic heterocycles. The minimum absolute atomic E-state index is 0.501. The summed E-state index contributed by atoms with van der Waals surface area (Å²) in [4.78, 5) is 0. The van der Waals surface area contributed by atoms with Gasteiger partial charge in [0.05, 0.1) is 6.04 Å². The smallest absolute Gasteiger partial charge is 0.289 e. The quantitative estimate of drug-likeness (QED) is 0.701. The van der Waals surface area contributed by atoms with Crippen molar-refractivity contribution in [3.8, 4) is 0 Å². The molecular formula is C9H13F2NO. The number of aliphatic hydroxyl groups excluding tert-OH is 1. The summed E-state index contributed by atoms with van der Waals surface area (Å²) in [6, 6.07) is -1.36. The van der Waals surface area contributed by atoms with Crippen molar-refractivity contribution in [1.29, 1.82) is 0 Å². The molecule has 0 fully saturated rings. The highest BCUT2D eigenvalue weighted by atomic mass is 19.3. The fraction of sp³-hybridized carbons (Fsp3) is 0.556. The minimum atomic E-state index is -3.21. The Bertz CT molecular complexity index is 236. The molecule has 0 bridgehead atoms. The Hall–Kier alpha value is -0.740. The molecule has 1 atom stereocenters. The molecule has 13 heavy (non-hydrogen) atoms. The molecule has 0 amide bonds. The van der Waals surface area contributed by atoms with Gasteiger partial charge in [0.2, 0.25) is 0 Å². The highest BCUT2D eigenvalue weighted by Crippen LogP contribution is 2.25.